The molecule has 0 amide bonds. The van der Waals surface area contributed by atoms with Crippen LogP contribution in [0.25, 0.3) is 0 Å². The Morgan fingerprint density at radius 1 is 1.80 bits per heavy atom. The number of nitrogens with zero attached hydrogens (tertiary/aromatic N) is 1. The van der Waals surface area contributed by atoms with Crippen molar-refractivity contribution in [3.63, 3.8) is 0 Å². The minimum atomic E-state index is 0.562. The zero-order valence-electron chi connectivity index (χ0n) is 6.26. The largest absolute Gasteiger partial charge is 0.477 e. The van der Waals surface area contributed by atoms with Gasteiger partial charge in [0.2, 0.25) is 5.88 Å². The van der Waals surface area contributed by atoms with Crippen LogP contribution in [-0.2, 0) is 9.47 Å². The Morgan fingerprint density at radius 3 is 3.30 bits per heavy atom. The van der Waals surface area contributed by atoms with Gasteiger partial charge in [-0.1, -0.05) is 5.73 Å². The van der Waals surface area contributed by atoms with Gasteiger partial charge in [0.25, 0.3) is 0 Å². The molecule has 10 heavy (non-hydrogen) atoms. The fraction of sp³-hybridized carbons (Fsp3) is 0.571. The van der Waals surface area contributed by atoms with Crippen molar-refractivity contribution in [3.8, 4) is 0 Å². The number of methoxy groups -OCH3 is 1. The first-order valence-corrected chi connectivity index (χ1v) is 3.12. The molecule has 0 saturated heterocycles. The minimum absolute atomic E-state index is 0.562. The van der Waals surface area contributed by atoms with Crippen LogP contribution < -0.4 is 0 Å². The first-order chi connectivity index (χ1) is 4.84. The topological polar surface area (TPSA) is 21.7 Å². The van der Waals surface area contributed by atoms with Gasteiger partial charge in [-0.3, -0.25) is 0 Å². The highest BCUT2D eigenvalue weighted by Gasteiger charge is 2.04. The summed E-state index contributed by atoms with van der Waals surface area (Å²) in [7, 11) is 3.52. The lowest BCUT2D eigenvalue weighted by atomic mass is 10.6. The molecule has 0 N–H and O–H groups in total. The Bertz CT molecular complexity index is 170. The van der Waals surface area contributed by atoms with Gasteiger partial charge in [-0.15, -0.1) is 0 Å². The maximum absolute atomic E-state index is 5.15. The predicted molar refractivity (Wildman–Crippen MR) is 37.2 cm³/mol. The third-order valence-electron chi connectivity index (χ3n) is 1.25. The molecule has 3 heteroatoms. The monoisotopic (exact) mass is 141 g/mol. The van der Waals surface area contributed by atoms with E-state index in [1.54, 1.807) is 7.11 Å². The molecule has 0 spiro atoms. The van der Waals surface area contributed by atoms with Crippen molar-refractivity contribution < 1.29 is 9.47 Å². The molecule has 0 aliphatic carbocycles. The molecule has 0 fully saturated rings. The van der Waals surface area contributed by atoms with E-state index in [0.29, 0.717) is 13.3 Å². The van der Waals surface area contributed by atoms with Crippen LogP contribution in [0.1, 0.15) is 0 Å². The Labute approximate surface area is 60.5 Å². The maximum atomic E-state index is 5.15. The van der Waals surface area contributed by atoms with Crippen LogP contribution in [0.2, 0.25) is 0 Å². The smallest absolute Gasteiger partial charge is 0.237 e. The van der Waals surface area contributed by atoms with Crippen LogP contribution in [0.15, 0.2) is 17.7 Å². The summed E-state index contributed by atoms with van der Waals surface area (Å²) >= 11 is 0. The summed E-state index contributed by atoms with van der Waals surface area (Å²) in [6.07, 6.45) is 1.81. The number of rotatable bonds is 1. The van der Waals surface area contributed by atoms with E-state index in [1.807, 2.05) is 18.0 Å². The Morgan fingerprint density at radius 2 is 2.60 bits per heavy atom. The molecule has 0 aromatic heterocycles. The molecule has 56 valence electrons. The molecule has 1 heterocycles. The molecule has 1 aliphatic heterocycles. The molecule has 0 saturated carbocycles. The lowest BCUT2D eigenvalue weighted by molar-refractivity contribution is 0.0461. The van der Waals surface area contributed by atoms with Crippen LogP contribution in [-0.4, -0.2) is 32.4 Å². The average molecular weight is 141 g/mol. The SMILES string of the molecule is COC1=C=CCOCN1C. The molecule has 1 aliphatic rings. The van der Waals surface area contributed by atoms with Crippen molar-refractivity contribution in [1.29, 1.82) is 0 Å². The van der Waals surface area contributed by atoms with Crippen molar-refractivity contribution in [3.05, 3.63) is 17.7 Å². The summed E-state index contributed by atoms with van der Waals surface area (Å²) in [6.45, 7) is 1.17. The minimum Gasteiger partial charge on any atom is -0.477 e. The van der Waals surface area contributed by atoms with E-state index in [-0.39, 0.29) is 0 Å². The molecule has 3 nitrogen and oxygen atoms in total. The summed E-state index contributed by atoms with van der Waals surface area (Å²) in [5.41, 5.74) is 2.95. The summed E-state index contributed by atoms with van der Waals surface area (Å²) in [5, 5.41) is 0. The third kappa shape index (κ3) is 1.53. The van der Waals surface area contributed by atoms with Gasteiger partial charge in [-0.25, -0.2) is 0 Å². The van der Waals surface area contributed by atoms with E-state index in [2.05, 4.69) is 5.73 Å². The second-order valence-corrected chi connectivity index (χ2v) is 2.06. The number of hydrogen-bond donors (Lipinski definition) is 0. The van der Waals surface area contributed by atoms with Gasteiger partial charge in [0, 0.05) is 7.05 Å². The van der Waals surface area contributed by atoms with Crippen molar-refractivity contribution in [2.45, 2.75) is 0 Å². The van der Waals surface area contributed by atoms with Crippen LogP contribution in [0.4, 0.5) is 0 Å². The van der Waals surface area contributed by atoms with Crippen molar-refractivity contribution in [1.82, 2.24) is 4.90 Å². The van der Waals surface area contributed by atoms with Crippen LogP contribution in [0, 0.1) is 0 Å². The van der Waals surface area contributed by atoms with Gasteiger partial charge >= 0.3 is 0 Å². The van der Waals surface area contributed by atoms with Crippen molar-refractivity contribution in [2.24, 2.45) is 0 Å². The predicted octanol–water partition coefficient (Wildman–Crippen LogP) is 0.549. The first kappa shape index (κ1) is 7.19. The first-order valence-electron chi connectivity index (χ1n) is 3.12. The number of ether oxygens (including phenoxy) is 2. The zero-order valence-corrected chi connectivity index (χ0v) is 6.26. The Kier molecular flexibility index (Phi) is 2.37. The molecule has 0 aromatic rings. The van der Waals surface area contributed by atoms with Gasteiger partial charge in [-0.05, 0) is 6.08 Å². The average Bonchev–Trinajstić information content (AvgIpc) is 2.13. The van der Waals surface area contributed by atoms with E-state index in [1.165, 1.54) is 0 Å². The summed E-state index contributed by atoms with van der Waals surface area (Å²) in [6, 6.07) is 0. The maximum Gasteiger partial charge on any atom is 0.237 e. The van der Waals surface area contributed by atoms with Crippen LogP contribution >= 0.6 is 0 Å². The van der Waals surface area contributed by atoms with Gasteiger partial charge in [0.15, 0.2) is 0 Å². The quantitative estimate of drug-likeness (QED) is 0.498. The zero-order chi connectivity index (χ0) is 7.40. The van der Waals surface area contributed by atoms with E-state index in [9.17, 15) is 0 Å². The summed E-state index contributed by atoms with van der Waals surface area (Å²) in [5.74, 6) is 0.720. The van der Waals surface area contributed by atoms with E-state index in [0.717, 1.165) is 5.88 Å². The van der Waals surface area contributed by atoms with Gasteiger partial charge in [0.05, 0.1) is 13.7 Å². The third-order valence-corrected chi connectivity index (χ3v) is 1.25. The van der Waals surface area contributed by atoms with Gasteiger partial charge < -0.3 is 14.4 Å². The second kappa shape index (κ2) is 3.30. The van der Waals surface area contributed by atoms with Gasteiger partial charge in [-0.2, -0.15) is 0 Å². The fourth-order valence-corrected chi connectivity index (χ4v) is 0.761. The highest BCUT2D eigenvalue weighted by Crippen LogP contribution is 2.02. The molecule has 0 radical (unpaired) electrons. The Balaban J connectivity index is 2.69. The number of hydrogen-bond acceptors (Lipinski definition) is 3. The fourth-order valence-electron chi connectivity index (χ4n) is 0.761. The second-order valence-electron chi connectivity index (χ2n) is 2.06. The highest BCUT2D eigenvalue weighted by molar-refractivity contribution is 4.93. The summed E-state index contributed by atoms with van der Waals surface area (Å²) < 4.78 is 10.1. The molecule has 0 atom stereocenters. The molecular formula is C7H11NO2. The van der Waals surface area contributed by atoms with E-state index >= 15 is 0 Å². The van der Waals surface area contributed by atoms with Crippen molar-refractivity contribution >= 4 is 0 Å². The molecule has 1 rings (SSSR count). The van der Waals surface area contributed by atoms with E-state index < -0.39 is 0 Å². The lowest BCUT2D eigenvalue weighted by Crippen LogP contribution is -2.20. The Hall–Kier alpha value is -0.920. The van der Waals surface area contributed by atoms with E-state index in [4.69, 9.17) is 9.47 Å². The molecule has 0 bridgehead atoms. The molecule has 0 aromatic carbocycles. The van der Waals surface area contributed by atoms with Crippen LogP contribution in [0.3, 0.4) is 0 Å². The molecule has 0 unspecified atom stereocenters. The van der Waals surface area contributed by atoms with Gasteiger partial charge in [0.1, 0.15) is 6.73 Å². The normalized spacial score (nSPS) is 18.2. The lowest BCUT2D eigenvalue weighted by Gasteiger charge is -2.16. The molecular weight excluding hydrogens is 130 g/mol. The van der Waals surface area contributed by atoms with Crippen LogP contribution in [0.5, 0.6) is 0 Å². The van der Waals surface area contributed by atoms with Crippen molar-refractivity contribution in [2.75, 3.05) is 27.5 Å². The summed E-state index contributed by atoms with van der Waals surface area (Å²) in [4.78, 5) is 1.85. The standard InChI is InChI=1S/C7H11NO2/c1-8-6-10-5-3-4-7(8)9-2/h3H,5-6H2,1-2H3. The highest BCUT2D eigenvalue weighted by atomic mass is 16.5.